The molecule has 0 radical (unpaired) electrons. The van der Waals surface area contributed by atoms with Crippen molar-refractivity contribution in [2.75, 3.05) is 11.9 Å². The van der Waals surface area contributed by atoms with Crippen LogP contribution in [0.2, 0.25) is 0 Å². The van der Waals surface area contributed by atoms with Gasteiger partial charge in [-0.15, -0.1) is 5.10 Å². The fourth-order valence-corrected chi connectivity index (χ4v) is 2.29. The predicted octanol–water partition coefficient (Wildman–Crippen LogP) is 1.72. The summed E-state index contributed by atoms with van der Waals surface area (Å²) in [6.45, 7) is 0. The number of nitrogens with one attached hydrogen (secondary N) is 1. The number of hydrogen-bond acceptors (Lipinski definition) is 4. The first-order valence-corrected chi connectivity index (χ1v) is 6.40. The van der Waals surface area contributed by atoms with Crippen LogP contribution in [0.1, 0.15) is 12.8 Å². The summed E-state index contributed by atoms with van der Waals surface area (Å²) in [4.78, 5) is 6.61. The molecule has 6 nitrogen and oxygen atoms in total. The Hall–Kier alpha value is -2.37. The molecule has 0 spiro atoms. The smallest absolute Gasteiger partial charge is 0.154 e. The zero-order chi connectivity index (χ0) is 12.8. The van der Waals surface area contributed by atoms with Gasteiger partial charge >= 0.3 is 0 Å². The van der Waals surface area contributed by atoms with Crippen LogP contribution >= 0.6 is 0 Å². The molecule has 3 heterocycles. The number of aromatic nitrogens is 5. The summed E-state index contributed by atoms with van der Waals surface area (Å²) >= 11 is 0. The Kier molecular flexibility index (Phi) is 2.11. The number of rotatable bonds is 3. The second-order valence-corrected chi connectivity index (χ2v) is 4.93. The van der Waals surface area contributed by atoms with Crippen LogP contribution in [-0.2, 0) is 0 Å². The van der Waals surface area contributed by atoms with Crippen LogP contribution in [-0.4, -0.2) is 37.9 Å². The maximum absolute atomic E-state index is 4.69. The second kappa shape index (κ2) is 3.81. The number of imidazole rings is 1. The summed E-state index contributed by atoms with van der Waals surface area (Å²) in [7, 11) is 2.10. The molecule has 0 aromatic carbocycles. The highest BCUT2D eigenvalue weighted by Crippen LogP contribution is 2.29. The van der Waals surface area contributed by atoms with Crippen LogP contribution < -0.4 is 4.90 Å². The highest BCUT2D eigenvalue weighted by Gasteiger charge is 2.27. The van der Waals surface area contributed by atoms with Crippen molar-refractivity contribution >= 4 is 11.5 Å². The van der Waals surface area contributed by atoms with Crippen molar-refractivity contribution in [3.8, 4) is 11.3 Å². The van der Waals surface area contributed by atoms with E-state index < -0.39 is 0 Å². The van der Waals surface area contributed by atoms with Crippen molar-refractivity contribution in [3.63, 3.8) is 0 Å². The van der Waals surface area contributed by atoms with Crippen molar-refractivity contribution < 1.29 is 0 Å². The highest BCUT2D eigenvalue weighted by molar-refractivity contribution is 5.62. The predicted molar refractivity (Wildman–Crippen MR) is 72.0 cm³/mol. The van der Waals surface area contributed by atoms with Gasteiger partial charge in [-0.25, -0.2) is 9.50 Å². The summed E-state index contributed by atoms with van der Waals surface area (Å²) in [6.07, 6.45) is 7.97. The van der Waals surface area contributed by atoms with Gasteiger partial charge in [0.1, 0.15) is 5.82 Å². The lowest BCUT2D eigenvalue weighted by Crippen LogP contribution is -2.21. The molecule has 1 aliphatic carbocycles. The van der Waals surface area contributed by atoms with Crippen molar-refractivity contribution in [1.29, 1.82) is 0 Å². The molecule has 6 heteroatoms. The molecule has 0 saturated heterocycles. The van der Waals surface area contributed by atoms with Gasteiger partial charge < -0.3 is 4.90 Å². The maximum atomic E-state index is 4.69. The maximum Gasteiger partial charge on any atom is 0.154 e. The topological polar surface area (TPSA) is 62.1 Å². The van der Waals surface area contributed by atoms with Gasteiger partial charge in [-0.1, -0.05) is 0 Å². The van der Waals surface area contributed by atoms with Gasteiger partial charge in [-0.2, -0.15) is 5.10 Å². The Morgan fingerprint density at radius 3 is 2.95 bits per heavy atom. The number of fused-ring (bicyclic) bond motifs is 1. The molecule has 1 fully saturated rings. The Bertz CT molecular complexity index is 710. The molecule has 96 valence electrons. The lowest BCUT2D eigenvalue weighted by atomic mass is 10.3. The van der Waals surface area contributed by atoms with Crippen LogP contribution in [0.15, 0.2) is 30.7 Å². The van der Waals surface area contributed by atoms with Gasteiger partial charge in [0.05, 0.1) is 18.1 Å². The van der Waals surface area contributed by atoms with E-state index in [1.165, 1.54) is 12.8 Å². The fourth-order valence-electron chi connectivity index (χ4n) is 2.29. The van der Waals surface area contributed by atoms with Crippen molar-refractivity contribution in [1.82, 2.24) is 24.8 Å². The first-order valence-electron chi connectivity index (χ1n) is 6.40. The molecular weight excluding hydrogens is 240 g/mol. The number of hydrogen-bond donors (Lipinski definition) is 1. The van der Waals surface area contributed by atoms with E-state index in [0.29, 0.717) is 6.04 Å². The van der Waals surface area contributed by atoms with E-state index >= 15 is 0 Å². The molecule has 0 atom stereocenters. The molecule has 1 N–H and O–H groups in total. The van der Waals surface area contributed by atoms with E-state index in [0.717, 1.165) is 22.7 Å². The summed E-state index contributed by atoms with van der Waals surface area (Å²) in [5.74, 6) is 0.984. The normalized spacial score (nSPS) is 15.0. The first-order chi connectivity index (χ1) is 9.33. The van der Waals surface area contributed by atoms with E-state index in [1.54, 1.807) is 6.20 Å². The monoisotopic (exact) mass is 254 g/mol. The Morgan fingerprint density at radius 2 is 2.21 bits per heavy atom. The van der Waals surface area contributed by atoms with Gasteiger partial charge in [-0.3, -0.25) is 5.10 Å². The molecule has 3 aromatic rings. The zero-order valence-corrected chi connectivity index (χ0v) is 10.6. The minimum atomic E-state index is 0.644. The standard InChI is InChI=1S/C13H14N6/c1-18(10-2-3-10)13-5-4-12-14-8-11(19(12)17-13)9-6-15-16-7-9/h4-8,10H,2-3H2,1H3,(H,15,16). The van der Waals surface area contributed by atoms with Crippen molar-refractivity contribution in [2.45, 2.75) is 18.9 Å². The summed E-state index contributed by atoms with van der Waals surface area (Å²) in [5, 5.41) is 11.5. The molecule has 0 unspecified atom stereocenters. The second-order valence-electron chi connectivity index (χ2n) is 4.93. The Morgan fingerprint density at radius 1 is 1.32 bits per heavy atom. The van der Waals surface area contributed by atoms with Crippen molar-refractivity contribution in [3.05, 3.63) is 30.7 Å². The first kappa shape index (κ1) is 10.5. The van der Waals surface area contributed by atoms with Crippen LogP contribution in [0, 0.1) is 0 Å². The molecule has 0 bridgehead atoms. The fraction of sp³-hybridized carbons (Fsp3) is 0.308. The van der Waals surface area contributed by atoms with E-state index in [1.807, 2.05) is 29.0 Å². The molecule has 0 amide bonds. The number of nitrogens with zero attached hydrogens (tertiary/aromatic N) is 5. The van der Waals surface area contributed by atoms with E-state index in [9.17, 15) is 0 Å². The average Bonchev–Trinajstić information content (AvgIpc) is 2.99. The van der Waals surface area contributed by atoms with Crippen LogP contribution in [0.4, 0.5) is 5.82 Å². The number of aromatic amines is 1. The third-order valence-corrected chi connectivity index (χ3v) is 3.60. The SMILES string of the molecule is CN(c1ccc2ncc(-c3cn[nH]c3)n2n1)C1CC1. The van der Waals surface area contributed by atoms with E-state index in [2.05, 4.69) is 27.1 Å². The Labute approximate surface area is 110 Å². The molecular formula is C13H14N6. The largest absolute Gasteiger partial charge is 0.355 e. The molecule has 3 aromatic heterocycles. The van der Waals surface area contributed by atoms with Gasteiger partial charge in [0, 0.05) is 24.8 Å². The van der Waals surface area contributed by atoms with Gasteiger partial charge in [-0.05, 0) is 25.0 Å². The number of H-pyrrole nitrogens is 1. The Balaban J connectivity index is 1.84. The molecule has 0 aliphatic heterocycles. The highest BCUT2D eigenvalue weighted by atomic mass is 15.3. The minimum Gasteiger partial charge on any atom is -0.355 e. The summed E-state index contributed by atoms with van der Waals surface area (Å²) in [6, 6.07) is 4.68. The lowest BCUT2D eigenvalue weighted by molar-refractivity contribution is 0.840. The molecule has 1 saturated carbocycles. The van der Waals surface area contributed by atoms with Gasteiger partial charge in [0.2, 0.25) is 0 Å². The quantitative estimate of drug-likeness (QED) is 0.773. The van der Waals surface area contributed by atoms with E-state index in [4.69, 9.17) is 5.10 Å². The summed E-state index contributed by atoms with van der Waals surface area (Å²) < 4.78 is 1.87. The van der Waals surface area contributed by atoms with Crippen LogP contribution in [0.5, 0.6) is 0 Å². The lowest BCUT2D eigenvalue weighted by Gasteiger charge is -2.17. The number of anilines is 1. The van der Waals surface area contributed by atoms with Gasteiger partial charge in [0.15, 0.2) is 5.65 Å². The van der Waals surface area contributed by atoms with Crippen molar-refractivity contribution in [2.24, 2.45) is 0 Å². The molecule has 19 heavy (non-hydrogen) atoms. The van der Waals surface area contributed by atoms with Crippen LogP contribution in [0.3, 0.4) is 0 Å². The van der Waals surface area contributed by atoms with E-state index in [-0.39, 0.29) is 0 Å². The van der Waals surface area contributed by atoms with Gasteiger partial charge in [0.25, 0.3) is 0 Å². The third kappa shape index (κ3) is 1.68. The van der Waals surface area contributed by atoms with Crippen LogP contribution in [0.25, 0.3) is 16.9 Å². The molecule has 1 aliphatic rings. The average molecular weight is 254 g/mol. The summed E-state index contributed by atoms with van der Waals surface area (Å²) in [5.41, 5.74) is 2.80. The third-order valence-electron chi connectivity index (χ3n) is 3.60. The minimum absolute atomic E-state index is 0.644. The molecule has 4 rings (SSSR count). The zero-order valence-electron chi connectivity index (χ0n) is 10.6.